The molecular weight excluding hydrogens is 270 g/mol. The zero-order chi connectivity index (χ0) is 14.7. The Morgan fingerprint density at radius 3 is 2.76 bits per heavy atom. The number of nitrogens with one attached hydrogen (secondary N) is 2. The summed E-state index contributed by atoms with van der Waals surface area (Å²) in [5, 5.41) is 14.9. The lowest BCUT2D eigenvalue weighted by Crippen LogP contribution is -1.96. The lowest BCUT2D eigenvalue weighted by Gasteiger charge is -1.96. The van der Waals surface area contributed by atoms with Gasteiger partial charge in [-0.2, -0.15) is 5.10 Å². The largest absolute Gasteiger partial charge is 0.323 e. The number of para-hydroxylation sites is 3. The molecule has 0 bridgehead atoms. The Balaban J connectivity index is 1.79. The predicted octanol–water partition coefficient (Wildman–Crippen LogP) is 2.92. The van der Waals surface area contributed by atoms with Crippen molar-refractivity contribution >= 4 is 28.9 Å². The molecule has 3 rings (SSSR count). The van der Waals surface area contributed by atoms with E-state index >= 15 is 0 Å². The Morgan fingerprint density at radius 1 is 1.19 bits per heavy atom. The number of fused-ring (bicyclic) bond motifs is 1. The third kappa shape index (κ3) is 2.71. The molecule has 0 atom stereocenters. The van der Waals surface area contributed by atoms with Crippen LogP contribution in [0, 0.1) is 10.1 Å². The van der Waals surface area contributed by atoms with Gasteiger partial charge < -0.3 is 4.98 Å². The molecule has 2 N–H and O–H groups in total. The van der Waals surface area contributed by atoms with E-state index in [0.717, 1.165) is 11.0 Å². The first-order valence-electron chi connectivity index (χ1n) is 6.21. The van der Waals surface area contributed by atoms with E-state index in [0.29, 0.717) is 11.5 Å². The Hall–Kier alpha value is -3.22. The fourth-order valence-corrected chi connectivity index (χ4v) is 1.93. The number of imidazole rings is 1. The van der Waals surface area contributed by atoms with E-state index < -0.39 is 4.92 Å². The first kappa shape index (κ1) is 12.8. The van der Waals surface area contributed by atoms with E-state index in [1.807, 2.05) is 24.3 Å². The van der Waals surface area contributed by atoms with E-state index in [9.17, 15) is 10.1 Å². The third-order valence-electron chi connectivity index (χ3n) is 2.90. The Labute approximate surface area is 119 Å². The summed E-state index contributed by atoms with van der Waals surface area (Å²) in [6, 6.07) is 14.0. The molecule has 2 aromatic carbocycles. The number of benzene rings is 2. The van der Waals surface area contributed by atoms with Crippen molar-refractivity contribution in [3.05, 3.63) is 64.2 Å². The Bertz CT molecular complexity index is 792. The smallest absolute Gasteiger partial charge is 0.278 e. The van der Waals surface area contributed by atoms with Crippen LogP contribution in [0.4, 0.5) is 11.6 Å². The van der Waals surface area contributed by atoms with Crippen molar-refractivity contribution in [2.24, 2.45) is 5.10 Å². The van der Waals surface area contributed by atoms with E-state index in [-0.39, 0.29) is 5.69 Å². The maximum Gasteiger partial charge on any atom is 0.278 e. The van der Waals surface area contributed by atoms with Crippen molar-refractivity contribution in [2.75, 3.05) is 5.43 Å². The summed E-state index contributed by atoms with van der Waals surface area (Å²) < 4.78 is 0. The average Bonchev–Trinajstić information content (AvgIpc) is 2.90. The second-order valence-electron chi connectivity index (χ2n) is 4.29. The van der Waals surface area contributed by atoms with Crippen molar-refractivity contribution in [2.45, 2.75) is 0 Å². The molecule has 0 aliphatic carbocycles. The van der Waals surface area contributed by atoms with Crippen LogP contribution in [0.3, 0.4) is 0 Å². The number of nitro benzene ring substituents is 1. The van der Waals surface area contributed by atoms with Crippen LogP contribution in [0.2, 0.25) is 0 Å². The van der Waals surface area contributed by atoms with Crippen molar-refractivity contribution in [3.8, 4) is 0 Å². The summed E-state index contributed by atoms with van der Waals surface area (Å²) in [4.78, 5) is 17.8. The van der Waals surface area contributed by atoms with Gasteiger partial charge in [-0.25, -0.2) is 10.4 Å². The molecule has 7 nitrogen and oxygen atoms in total. The minimum Gasteiger partial charge on any atom is -0.323 e. The summed E-state index contributed by atoms with van der Waals surface area (Å²) in [7, 11) is 0. The highest BCUT2D eigenvalue weighted by Crippen LogP contribution is 2.16. The molecule has 7 heteroatoms. The number of rotatable bonds is 4. The number of nitro groups is 1. The predicted molar refractivity (Wildman–Crippen MR) is 80.4 cm³/mol. The summed E-state index contributed by atoms with van der Waals surface area (Å²) >= 11 is 0. The molecule has 0 aliphatic heterocycles. The van der Waals surface area contributed by atoms with Gasteiger partial charge in [-0.1, -0.05) is 24.3 Å². The van der Waals surface area contributed by atoms with Gasteiger partial charge in [0.1, 0.15) is 0 Å². The van der Waals surface area contributed by atoms with Crippen LogP contribution < -0.4 is 5.43 Å². The molecule has 21 heavy (non-hydrogen) atoms. The van der Waals surface area contributed by atoms with E-state index in [2.05, 4.69) is 20.5 Å². The molecule has 0 fully saturated rings. The number of H-pyrrole nitrogens is 1. The number of anilines is 1. The van der Waals surface area contributed by atoms with Gasteiger partial charge in [0.25, 0.3) is 5.69 Å². The second kappa shape index (κ2) is 5.41. The highest BCUT2D eigenvalue weighted by molar-refractivity contribution is 5.85. The Morgan fingerprint density at radius 2 is 1.95 bits per heavy atom. The summed E-state index contributed by atoms with van der Waals surface area (Å²) in [6.45, 7) is 0. The van der Waals surface area contributed by atoms with Gasteiger partial charge in [0.2, 0.25) is 5.95 Å². The number of aromatic amines is 1. The topological polar surface area (TPSA) is 96.2 Å². The first-order chi connectivity index (χ1) is 10.2. The number of aromatic nitrogens is 2. The van der Waals surface area contributed by atoms with E-state index in [4.69, 9.17) is 0 Å². The molecule has 1 aromatic heterocycles. The summed E-state index contributed by atoms with van der Waals surface area (Å²) in [5.74, 6) is 0.478. The zero-order valence-electron chi connectivity index (χ0n) is 10.9. The normalized spacial score (nSPS) is 11.0. The Kier molecular flexibility index (Phi) is 3.30. The lowest BCUT2D eigenvalue weighted by molar-refractivity contribution is -0.385. The van der Waals surface area contributed by atoms with Gasteiger partial charge in [0.15, 0.2) is 0 Å². The molecule has 0 aliphatic rings. The number of hydrogen-bond donors (Lipinski definition) is 2. The molecule has 1 heterocycles. The van der Waals surface area contributed by atoms with Crippen LogP contribution in [0.5, 0.6) is 0 Å². The highest BCUT2D eigenvalue weighted by Gasteiger charge is 2.09. The van der Waals surface area contributed by atoms with Gasteiger partial charge in [0.05, 0.1) is 27.7 Å². The van der Waals surface area contributed by atoms with Crippen molar-refractivity contribution < 1.29 is 4.92 Å². The van der Waals surface area contributed by atoms with Crippen LogP contribution in [0.15, 0.2) is 53.6 Å². The maximum absolute atomic E-state index is 10.9. The van der Waals surface area contributed by atoms with E-state index in [1.165, 1.54) is 12.3 Å². The molecule has 0 saturated heterocycles. The van der Waals surface area contributed by atoms with Crippen LogP contribution in [0.25, 0.3) is 11.0 Å². The highest BCUT2D eigenvalue weighted by atomic mass is 16.6. The minimum atomic E-state index is -0.442. The molecule has 0 amide bonds. The molecule has 0 spiro atoms. The monoisotopic (exact) mass is 281 g/mol. The standard InChI is InChI=1S/C14H11N5O2/c20-19(21)13-8-4-1-5-10(13)9-15-18-14-16-11-6-2-3-7-12(11)17-14/h1-9H,(H2,16,17,18)/b15-9+. The van der Waals surface area contributed by atoms with Crippen molar-refractivity contribution in [3.63, 3.8) is 0 Å². The van der Waals surface area contributed by atoms with Crippen molar-refractivity contribution in [1.29, 1.82) is 0 Å². The number of hydrogen-bond acceptors (Lipinski definition) is 5. The van der Waals surface area contributed by atoms with Gasteiger partial charge >= 0.3 is 0 Å². The number of nitrogens with zero attached hydrogens (tertiary/aromatic N) is 3. The fraction of sp³-hybridized carbons (Fsp3) is 0. The summed E-state index contributed by atoms with van der Waals surface area (Å²) in [5.41, 5.74) is 4.87. The van der Waals surface area contributed by atoms with Gasteiger partial charge in [0, 0.05) is 6.07 Å². The SMILES string of the molecule is O=[N+]([O-])c1ccccc1/C=N/Nc1nc2ccccc2[nH]1. The van der Waals surface area contributed by atoms with Crippen molar-refractivity contribution in [1.82, 2.24) is 9.97 Å². The van der Waals surface area contributed by atoms with Crippen LogP contribution >= 0.6 is 0 Å². The molecule has 3 aromatic rings. The van der Waals surface area contributed by atoms with Gasteiger partial charge in [-0.15, -0.1) is 0 Å². The zero-order valence-corrected chi connectivity index (χ0v) is 10.9. The number of hydrazone groups is 1. The molecule has 0 radical (unpaired) electrons. The molecule has 0 saturated carbocycles. The van der Waals surface area contributed by atoms with Crippen LogP contribution in [-0.4, -0.2) is 21.1 Å². The van der Waals surface area contributed by atoms with Gasteiger partial charge in [-0.3, -0.25) is 10.1 Å². The molecule has 104 valence electrons. The lowest BCUT2D eigenvalue weighted by atomic mass is 10.2. The molecular formula is C14H11N5O2. The average molecular weight is 281 g/mol. The van der Waals surface area contributed by atoms with Crippen LogP contribution in [-0.2, 0) is 0 Å². The maximum atomic E-state index is 10.9. The molecule has 0 unspecified atom stereocenters. The van der Waals surface area contributed by atoms with E-state index in [1.54, 1.807) is 18.2 Å². The second-order valence-corrected chi connectivity index (χ2v) is 4.29. The fourth-order valence-electron chi connectivity index (χ4n) is 1.93. The van der Waals surface area contributed by atoms with Gasteiger partial charge in [-0.05, 0) is 18.2 Å². The summed E-state index contributed by atoms with van der Waals surface area (Å²) in [6.07, 6.45) is 1.39. The third-order valence-corrected chi connectivity index (χ3v) is 2.90. The first-order valence-corrected chi connectivity index (χ1v) is 6.21. The minimum absolute atomic E-state index is 0.00709. The quantitative estimate of drug-likeness (QED) is 0.436. The van der Waals surface area contributed by atoms with Crippen LogP contribution in [0.1, 0.15) is 5.56 Å².